The number of ether oxygens (including phenoxy) is 1. The van der Waals surface area contributed by atoms with Gasteiger partial charge in [0.25, 0.3) is 5.91 Å². The van der Waals surface area contributed by atoms with E-state index in [0.717, 1.165) is 49.2 Å². The largest absolute Gasteiger partial charge is 0.367 e. The average molecular weight is 500 g/mol. The van der Waals surface area contributed by atoms with Crippen LogP contribution < -0.4 is 16.1 Å². The fourth-order valence-electron chi connectivity index (χ4n) is 3.89. The lowest BCUT2D eigenvalue weighted by Crippen LogP contribution is -2.44. The van der Waals surface area contributed by atoms with Crippen LogP contribution in [0.25, 0.3) is 6.08 Å². The number of anilines is 2. The van der Waals surface area contributed by atoms with Crippen molar-refractivity contribution in [2.45, 2.75) is 44.4 Å². The van der Waals surface area contributed by atoms with Crippen LogP contribution in [0.4, 0.5) is 16.3 Å². The van der Waals surface area contributed by atoms with Gasteiger partial charge in [-0.05, 0) is 73.7 Å². The number of amides is 3. The lowest BCUT2D eigenvalue weighted by Gasteiger charge is -2.32. The molecule has 1 aromatic heterocycles. The molecule has 3 N–H and O–H groups in total. The van der Waals surface area contributed by atoms with Gasteiger partial charge in [0.05, 0.1) is 0 Å². The minimum Gasteiger partial charge on any atom is -0.367 e. The highest BCUT2D eigenvalue weighted by molar-refractivity contribution is 6.30. The summed E-state index contributed by atoms with van der Waals surface area (Å²) in [6, 6.07) is 10.9. The van der Waals surface area contributed by atoms with E-state index in [4.69, 9.17) is 21.2 Å². The standard InChI is InChI=1S/C25H30ClN5O4/c26-19-6-8-20(9-7-19)29-25(33)31-14-12-21(13-15-31)28-22-10-4-18(17-27-22)5-11-23(32)30-35-24-3-1-2-16-34-24/h4-11,17,21,24H,1-3,12-16H2,(H,27,28)(H,29,33)(H,30,32). The molecular weight excluding hydrogens is 470 g/mol. The zero-order valence-corrected chi connectivity index (χ0v) is 20.2. The number of carbonyl (C=O) groups excluding carboxylic acids is 2. The highest BCUT2D eigenvalue weighted by Crippen LogP contribution is 2.18. The molecule has 0 saturated carbocycles. The van der Waals surface area contributed by atoms with E-state index in [0.29, 0.717) is 24.7 Å². The molecule has 0 bridgehead atoms. The lowest BCUT2D eigenvalue weighted by atomic mass is 10.1. The molecule has 10 heteroatoms. The Kier molecular flexibility index (Phi) is 8.94. The van der Waals surface area contributed by atoms with E-state index in [9.17, 15) is 9.59 Å². The van der Waals surface area contributed by atoms with Crippen LogP contribution in [-0.4, -0.2) is 53.9 Å². The molecule has 9 nitrogen and oxygen atoms in total. The van der Waals surface area contributed by atoms with Crippen molar-refractivity contribution in [1.29, 1.82) is 0 Å². The summed E-state index contributed by atoms with van der Waals surface area (Å²) >= 11 is 5.89. The van der Waals surface area contributed by atoms with Crippen LogP contribution in [0.2, 0.25) is 5.02 Å². The fraction of sp³-hybridized carbons (Fsp3) is 0.400. The van der Waals surface area contributed by atoms with Gasteiger partial charge in [-0.3, -0.25) is 4.79 Å². The third-order valence-electron chi connectivity index (χ3n) is 5.87. The van der Waals surface area contributed by atoms with E-state index < -0.39 is 0 Å². The predicted molar refractivity (Wildman–Crippen MR) is 135 cm³/mol. The Morgan fingerprint density at radius 2 is 1.89 bits per heavy atom. The Morgan fingerprint density at radius 3 is 2.57 bits per heavy atom. The topological polar surface area (TPSA) is 105 Å². The van der Waals surface area contributed by atoms with Crippen molar-refractivity contribution in [3.8, 4) is 0 Å². The summed E-state index contributed by atoms with van der Waals surface area (Å²) in [5.41, 5.74) is 3.92. The second-order valence-electron chi connectivity index (χ2n) is 8.53. The number of nitrogens with one attached hydrogen (secondary N) is 3. The SMILES string of the molecule is O=C(C=Cc1ccc(NC2CCN(C(=O)Nc3ccc(Cl)cc3)CC2)nc1)NOC1CCCCO1. The van der Waals surface area contributed by atoms with Gasteiger partial charge in [-0.25, -0.2) is 20.1 Å². The van der Waals surface area contributed by atoms with E-state index in [1.165, 1.54) is 6.08 Å². The third kappa shape index (κ3) is 7.95. The van der Waals surface area contributed by atoms with Crippen molar-refractivity contribution in [3.05, 3.63) is 59.3 Å². The predicted octanol–water partition coefficient (Wildman–Crippen LogP) is 4.43. The molecule has 2 aromatic rings. The number of aromatic nitrogens is 1. The van der Waals surface area contributed by atoms with Crippen molar-refractivity contribution in [2.75, 3.05) is 30.3 Å². The second kappa shape index (κ2) is 12.5. The van der Waals surface area contributed by atoms with Crippen molar-refractivity contribution in [1.82, 2.24) is 15.4 Å². The summed E-state index contributed by atoms with van der Waals surface area (Å²) in [5.74, 6) is 0.404. The van der Waals surface area contributed by atoms with Gasteiger partial charge < -0.3 is 20.3 Å². The van der Waals surface area contributed by atoms with E-state index in [2.05, 4.69) is 21.1 Å². The molecule has 1 aromatic carbocycles. The first-order valence-corrected chi connectivity index (χ1v) is 12.2. The van der Waals surface area contributed by atoms with Gasteiger partial charge in [0, 0.05) is 55.1 Å². The number of rotatable bonds is 7. The number of piperidine rings is 1. The number of carbonyl (C=O) groups is 2. The minimum absolute atomic E-state index is 0.110. The number of hydroxylamine groups is 1. The van der Waals surface area contributed by atoms with Gasteiger partial charge in [-0.1, -0.05) is 11.6 Å². The van der Waals surface area contributed by atoms with Gasteiger partial charge in [-0.15, -0.1) is 0 Å². The van der Waals surface area contributed by atoms with Crippen molar-refractivity contribution >= 4 is 41.1 Å². The van der Waals surface area contributed by atoms with Gasteiger partial charge in [0.1, 0.15) is 5.82 Å². The van der Waals surface area contributed by atoms with Gasteiger partial charge in [0.2, 0.25) is 0 Å². The Bertz CT molecular complexity index is 1000. The van der Waals surface area contributed by atoms with E-state index >= 15 is 0 Å². The van der Waals surface area contributed by atoms with Crippen molar-refractivity contribution in [2.24, 2.45) is 0 Å². The summed E-state index contributed by atoms with van der Waals surface area (Å²) in [6.07, 6.45) is 8.87. The van der Waals surface area contributed by atoms with E-state index in [1.807, 2.05) is 17.0 Å². The first-order chi connectivity index (χ1) is 17.0. The Hall–Kier alpha value is -3.14. The molecule has 1 atom stereocenters. The summed E-state index contributed by atoms with van der Waals surface area (Å²) in [7, 11) is 0. The number of hydrogen-bond acceptors (Lipinski definition) is 6. The number of pyridine rings is 1. The number of urea groups is 1. The number of halogens is 1. The molecule has 4 rings (SSSR count). The minimum atomic E-state index is -0.377. The zero-order valence-electron chi connectivity index (χ0n) is 19.4. The zero-order chi connectivity index (χ0) is 24.5. The average Bonchev–Trinajstić information content (AvgIpc) is 2.89. The molecule has 0 radical (unpaired) electrons. The molecule has 2 aliphatic rings. The van der Waals surface area contributed by atoms with Crippen LogP contribution in [0, 0.1) is 0 Å². The number of likely N-dealkylation sites (tertiary alicyclic amines) is 1. The van der Waals surface area contributed by atoms with Crippen LogP contribution >= 0.6 is 11.6 Å². The fourth-order valence-corrected chi connectivity index (χ4v) is 4.02. The Morgan fingerprint density at radius 1 is 1.09 bits per heavy atom. The lowest BCUT2D eigenvalue weighted by molar-refractivity contribution is -0.198. The van der Waals surface area contributed by atoms with Gasteiger partial charge in [-0.2, -0.15) is 0 Å². The highest BCUT2D eigenvalue weighted by atomic mass is 35.5. The van der Waals surface area contributed by atoms with Gasteiger partial charge in [0.15, 0.2) is 6.29 Å². The van der Waals surface area contributed by atoms with Crippen LogP contribution in [0.5, 0.6) is 0 Å². The number of hydrogen-bond donors (Lipinski definition) is 3. The van der Waals surface area contributed by atoms with Crippen LogP contribution in [0.1, 0.15) is 37.7 Å². The van der Waals surface area contributed by atoms with Crippen molar-refractivity contribution < 1.29 is 19.2 Å². The smallest absolute Gasteiger partial charge is 0.321 e. The molecule has 0 aliphatic carbocycles. The molecule has 2 aliphatic heterocycles. The molecule has 2 saturated heterocycles. The summed E-state index contributed by atoms with van der Waals surface area (Å²) in [6.45, 7) is 1.96. The summed E-state index contributed by atoms with van der Waals surface area (Å²) in [5, 5.41) is 6.96. The second-order valence-corrected chi connectivity index (χ2v) is 8.97. The Balaban J connectivity index is 1.17. The molecular formula is C25H30ClN5O4. The highest BCUT2D eigenvalue weighted by Gasteiger charge is 2.23. The molecule has 0 spiro atoms. The third-order valence-corrected chi connectivity index (χ3v) is 6.12. The maximum Gasteiger partial charge on any atom is 0.321 e. The number of nitrogens with zero attached hydrogens (tertiary/aromatic N) is 2. The number of benzene rings is 1. The molecule has 2 fully saturated rings. The summed E-state index contributed by atoms with van der Waals surface area (Å²) in [4.78, 5) is 35.9. The first kappa shape index (κ1) is 25.0. The monoisotopic (exact) mass is 499 g/mol. The first-order valence-electron chi connectivity index (χ1n) is 11.8. The van der Waals surface area contributed by atoms with Crippen LogP contribution in [-0.2, 0) is 14.4 Å². The summed E-state index contributed by atoms with van der Waals surface area (Å²) < 4.78 is 5.41. The molecule has 3 amide bonds. The van der Waals surface area contributed by atoms with Crippen LogP contribution in [0.15, 0.2) is 48.7 Å². The van der Waals surface area contributed by atoms with E-state index in [1.54, 1.807) is 36.5 Å². The molecule has 1 unspecified atom stereocenters. The normalized spacial score (nSPS) is 18.9. The quantitative estimate of drug-likeness (QED) is 0.384. The maximum atomic E-state index is 12.5. The van der Waals surface area contributed by atoms with Crippen LogP contribution in [0.3, 0.4) is 0 Å². The molecule has 3 heterocycles. The Labute approximate surface area is 209 Å². The van der Waals surface area contributed by atoms with Gasteiger partial charge >= 0.3 is 6.03 Å². The molecule has 35 heavy (non-hydrogen) atoms. The maximum absolute atomic E-state index is 12.5. The van der Waals surface area contributed by atoms with E-state index in [-0.39, 0.29) is 24.3 Å². The molecule has 186 valence electrons. The van der Waals surface area contributed by atoms with Crippen molar-refractivity contribution in [3.63, 3.8) is 0 Å².